The van der Waals surface area contributed by atoms with E-state index in [1.807, 2.05) is 41.5 Å². The highest BCUT2D eigenvalue weighted by molar-refractivity contribution is 7.11. The number of rotatable bonds is 0. The number of benzene rings is 1. The third kappa shape index (κ3) is 2.56. The van der Waals surface area contributed by atoms with Gasteiger partial charge in [-0.05, 0) is 37.9 Å². The Balaban J connectivity index is 1.57. The van der Waals surface area contributed by atoms with Gasteiger partial charge >= 0.3 is 6.03 Å². The van der Waals surface area contributed by atoms with Crippen LogP contribution in [-0.2, 0) is 0 Å². The second kappa shape index (κ2) is 6.07. The molecule has 0 radical (unpaired) electrons. The van der Waals surface area contributed by atoms with Gasteiger partial charge in [0.1, 0.15) is 0 Å². The molecule has 27 heavy (non-hydrogen) atoms. The summed E-state index contributed by atoms with van der Waals surface area (Å²) in [5.41, 5.74) is 2.71. The number of anilines is 3. The number of hydrogen-bond acceptors (Lipinski definition) is 4. The molecular weight excluding hydrogens is 360 g/mol. The lowest BCUT2D eigenvalue weighted by Crippen LogP contribution is -2.41. The first-order valence-corrected chi connectivity index (χ1v) is 10.2. The zero-order valence-corrected chi connectivity index (χ0v) is 16.3. The molecule has 6 nitrogen and oxygen atoms in total. The van der Waals surface area contributed by atoms with Gasteiger partial charge in [0.2, 0.25) is 0 Å². The summed E-state index contributed by atoms with van der Waals surface area (Å²) >= 11 is 1.51. The van der Waals surface area contributed by atoms with Crippen molar-refractivity contribution in [1.82, 2.24) is 9.80 Å². The lowest BCUT2D eigenvalue weighted by Gasteiger charge is -2.29. The molecule has 1 N–H and O–H groups in total. The SMILES string of the molecule is Cc1scc2c1N(C(=O)N1CC3CN(C)CC3C1)c1ccccc1NC2=O. The number of urea groups is 1. The van der Waals surface area contributed by atoms with Gasteiger partial charge in [0.15, 0.2) is 0 Å². The van der Waals surface area contributed by atoms with Crippen LogP contribution in [-0.4, -0.2) is 55.0 Å². The van der Waals surface area contributed by atoms with Crippen LogP contribution in [0.15, 0.2) is 29.6 Å². The molecule has 3 aliphatic rings. The molecule has 0 aliphatic carbocycles. The van der Waals surface area contributed by atoms with Crippen LogP contribution in [0.25, 0.3) is 0 Å². The van der Waals surface area contributed by atoms with E-state index in [-0.39, 0.29) is 11.9 Å². The predicted molar refractivity (Wildman–Crippen MR) is 107 cm³/mol. The lowest BCUT2D eigenvalue weighted by molar-refractivity contribution is 0.102. The zero-order valence-electron chi connectivity index (χ0n) is 15.4. The van der Waals surface area contributed by atoms with Crippen LogP contribution in [0.3, 0.4) is 0 Å². The van der Waals surface area contributed by atoms with E-state index in [2.05, 4.69) is 17.3 Å². The fraction of sp³-hybridized carbons (Fsp3) is 0.400. The molecule has 2 fully saturated rings. The van der Waals surface area contributed by atoms with Gasteiger partial charge < -0.3 is 15.1 Å². The molecule has 7 heteroatoms. The second-order valence-corrected chi connectivity index (χ2v) is 8.87. The van der Waals surface area contributed by atoms with Crippen molar-refractivity contribution in [1.29, 1.82) is 0 Å². The van der Waals surface area contributed by atoms with Crippen molar-refractivity contribution in [3.05, 3.63) is 40.1 Å². The minimum absolute atomic E-state index is 0.0289. The van der Waals surface area contributed by atoms with Crippen LogP contribution >= 0.6 is 11.3 Å². The van der Waals surface area contributed by atoms with E-state index in [1.165, 1.54) is 11.3 Å². The van der Waals surface area contributed by atoms with Gasteiger partial charge in [0.05, 0.1) is 22.6 Å². The Morgan fingerprint density at radius 3 is 2.59 bits per heavy atom. The average Bonchev–Trinajstić information content (AvgIpc) is 3.27. The van der Waals surface area contributed by atoms with Gasteiger partial charge in [-0.15, -0.1) is 11.3 Å². The van der Waals surface area contributed by atoms with E-state index in [0.29, 0.717) is 23.1 Å². The standard InChI is InChI=1S/C20H22N4O2S/c1-12-18-15(11-27-12)19(25)21-16-5-3-4-6-17(16)24(18)20(26)23-9-13-7-22(2)8-14(13)10-23/h3-6,11,13-14H,7-10H2,1-2H3,(H,21,25). The third-order valence-corrected chi connectivity index (χ3v) is 6.83. The van der Waals surface area contributed by atoms with Crippen LogP contribution in [0.2, 0.25) is 0 Å². The molecule has 0 spiro atoms. The van der Waals surface area contributed by atoms with Crippen LogP contribution in [0.1, 0.15) is 15.2 Å². The molecule has 1 aromatic carbocycles. The molecule has 140 valence electrons. The minimum Gasteiger partial charge on any atom is -0.323 e. The van der Waals surface area contributed by atoms with Crippen molar-refractivity contribution in [2.24, 2.45) is 11.8 Å². The van der Waals surface area contributed by atoms with E-state index >= 15 is 0 Å². The number of amides is 3. The van der Waals surface area contributed by atoms with Crippen LogP contribution < -0.4 is 10.2 Å². The lowest BCUT2D eigenvalue weighted by atomic mass is 10.0. The van der Waals surface area contributed by atoms with Crippen molar-refractivity contribution in [3.8, 4) is 0 Å². The van der Waals surface area contributed by atoms with Crippen molar-refractivity contribution in [2.45, 2.75) is 6.92 Å². The number of nitrogens with zero attached hydrogens (tertiary/aromatic N) is 3. The average molecular weight is 382 g/mol. The molecule has 5 rings (SSSR count). The monoisotopic (exact) mass is 382 g/mol. The molecule has 1 aromatic heterocycles. The molecule has 4 heterocycles. The fourth-order valence-electron chi connectivity index (χ4n) is 4.70. The number of hydrogen-bond donors (Lipinski definition) is 1. The van der Waals surface area contributed by atoms with Crippen molar-refractivity contribution in [3.63, 3.8) is 0 Å². The van der Waals surface area contributed by atoms with Crippen molar-refractivity contribution >= 4 is 40.3 Å². The van der Waals surface area contributed by atoms with Crippen LogP contribution in [0, 0.1) is 18.8 Å². The number of carbonyl (C=O) groups excluding carboxylic acids is 2. The van der Waals surface area contributed by atoms with Gasteiger partial charge in [0.25, 0.3) is 5.91 Å². The highest BCUT2D eigenvalue weighted by Gasteiger charge is 2.43. The quantitative estimate of drug-likeness (QED) is 0.760. The molecule has 2 unspecified atom stereocenters. The maximum absolute atomic E-state index is 13.7. The number of nitrogens with one attached hydrogen (secondary N) is 1. The molecule has 0 bridgehead atoms. The van der Waals surface area contributed by atoms with E-state index in [0.717, 1.165) is 42.4 Å². The van der Waals surface area contributed by atoms with Crippen LogP contribution in [0.4, 0.5) is 21.9 Å². The predicted octanol–water partition coefficient (Wildman–Crippen LogP) is 3.37. The van der Waals surface area contributed by atoms with E-state index < -0.39 is 0 Å². The number of fused-ring (bicyclic) bond motifs is 3. The molecular formula is C20H22N4O2S. The summed E-state index contributed by atoms with van der Waals surface area (Å²) in [5, 5.41) is 4.81. The first-order chi connectivity index (χ1) is 13.0. The molecule has 2 saturated heterocycles. The summed E-state index contributed by atoms with van der Waals surface area (Å²) in [6.07, 6.45) is 0. The molecule has 2 atom stereocenters. The number of para-hydroxylation sites is 2. The number of thiophene rings is 1. The van der Waals surface area contributed by atoms with Gasteiger partial charge in [-0.1, -0.05) is 12.1 Å². The summed E-state index contributed by atoms with van der Waals surface area (Å²) in [4.78, 5) is 33.4. The summed E-state index contributed by atoms with van der Waals surface area (Å²) in [6, 6.07) is 7.52. The Hall–Kier alpha value is -2.38. The third-order valence-electron chi connectivity index (χ3n) is 5.93. The molecule has 3 amide bonds. The number of likely N-dealkylation sites (tertiary alicyclic amines) is 2. The summed E-state index contributed by atoms with van der Waals surface area (Å²) in [6.45, 7) is 5.64. The van der Waals surface area contributed by atoms with E-state index in [4.69, 9.17) is 0 Å². The first-order valence-electron chi connectivity index (χ1n) is 9.29. The first kappa shape index (κ1) is 16.8. The van der Waals surface area contributed by atoms with Crippen LogP contribution in [0.5, 0.6) is 0 Å². The molecule has 3 aliphatic heterocycles. The Morgan fingerprint density at radius 1 is 1.15 bits per heavy atom. The Bertz CT molecular complexity index is 926. The normalized spacial score (nSPS) is 24.3. The Kier molecular flexibility index (Phi) is 3.77. The summed E-state index contributed by atoms with van der Waals surface area (Å²) in [5.74, 6) is 0.935. The topological polar surface area (TPSA) is 55.9 Å². The second-order valence-electron chi connectivity index (χ2n) is 7.79. The van der Waals surface area contributed by atoms with Gasteiger partial charge in [-0.2, -0.15) is 0 Å². The highest BCUT2D eigenvalue weighted by Crippen LogP contribution is 2.43. The van der Waals surface area contributed by atoms with Gasteiger partial charge in [0, 0.05) is 36.4 Å². The number of aryl methyl sites for hydroxylation is 1. The smallest absolute Gasteiger partial charge is 0.323 e. The van der Waals surface area contributed by atoms with E-state index in [1.54, 1.807) is 4.90 Å². The minimum atomic E-state index is -0.156. The van der Waals surface area contributed by atoms with Gasteiger partial charge in [-0.25, -0.2) is 4.79 Å². The fourth-order valence-corrected chi connectivity index (χ4v) is 5.52. The zero-order chi connectivity index (χ0) is 18.7. The molecule has 0 saturated carbocycles. The molecule has 2 aromatic rings. The van der Waals surface area contributed by atoms with Crippen molar-refractivity contribution < 1.29 is 9.59 Å². The van der Waals surface area contributed by atoms with Gasteiger partial charge in [-0.3, -0.25) is 9.69 Å². The Labute approximate surface area is 162 Å². The largest absolute Gasteiger partial charge is 0.329 e. The maximum atomic E-state index is 13.7. The summed E-state index contributed by atoms with van der Waals surface area (Å²) in [7, 11) is 2.15. The highest BCUT2D eigenvalue weighted by atomic mass is 32.1. The van der Waals surface area contributed by atoms with E-state index in [9.17, 15) is 9.59 Å². The maximum Gasteiger partial charge on any atom is 0.329 e. The number of carbonyl (C=O) groups is 2. The Morgan fingerprint density at radius 2 is 1.85 bits per heavy atom. The summed E-state index contributed by atoms with van der Waals surface area (Å²) < 4.78 is 0. The van der Waals surface area contributed by atoms with Crippen molar-refractivity contribution in [2.75, 3.05) is 43.4 Å².